The summed E-state index contributed by atoms with van der Waals surface area (Å²) in [6.07, 6.45) is 0. The standard InChI is InChI=1S/C13H14BrNO2S/c1-17-11-4-2-3-9(13(11)16)7-15-8-12-10(14)5-6-18-12/h2-6,15-16H,7-8H2,1H3. The number of nitrogens with one attached hydrogen (secondary N) is 1. The Balaban J connectivity index is 1.96. The van der Waals surface area contributed by atoms with E-state index in [9.17, 15) is 5.11 Å². The van der Waals surface area contributed by atoms with Crippen LogP contribution in [0.15, 0.2) is 34.1 Å². The highest BCUT2D eigenvalue weighted by molar-refractivity contribution is 9.10. The highest BCUT2D eigenvalue weighted by Gasteiger charge is 2.07. The molecule has 1 aromatic heterocycles. The van der Waals surface area contributed by atoms with Gasteiger partial charge in [0.05, 0.1) is 7.11 Å². The van der Waals surface area contributed by atoms with Gasteiger partial charge in [-0.05, 0) is 33.4 Å². The summed E-state index contributed by atoms with van der Waals surface area (Å²) >= 11 is 5.19. The molecule has 1 aromatic carbocycles. The van der Waals surface area contributed by atoms with E-state index < -0.39 is 0 Å². The molecule has 1 heterocycles. The molecule has 0 fully saturated rings. The lowest BCUT2D eigenvalue weighted by molar-refractivity contribution is 0.369. The number of hydrogen-bond acceptors (Lipinski definition) is 4. The van der Waals surface area contributed by atoms with E-state index in [1.165, 1.54) is 4.88 Å². The number of thiophene rings is 1. The number of methoxy groups -OCH3 is 1. The van der Waals surface area contributed by atoms with Crippen molar-refractivity contribution < 1.29 is 9.84 Å². The number of phenolic OH excluding ortho intramolecular Hbond substituents is 1. The molecule has 96 valence electrons. The van der Waals surface area contributed by atoms with E-state index >= 15 is 0 Å². The fraction of sp³-hybridized carbons (Fsp3) is 0.231. The van der Waals surface area contributed by atoms with Gasteiger partial charge in [-0.15, -0.1) is 11.3 Å². The van der Waals surface area contributed by atoms with Crippen LogP contribution in [0.3, 0.4) is 0 Å². The third-order valence-corrected chi connectivity index (χ3v) is 4.52. The molecule has 0 saturated carbocycles. The zero-order valence-corrected chi connectivity index (χ0v) is 12.3. The van der Waals surface area contributed by atoms with Crippen molar-refractivity contribution in [3.05, 3.63) is 44.6 Å². The molecule has 0 radical (unpaired) electrons. The molecule has 0 saturated heterocycles. The first-order chi connectivity index (χ1) is 8.72. The summed E-state index contributed by atoms with van der Waals surface area (Å²) in [6, 6.07) is 7.53. The summed E-state index contributed by atoms with van der Waals surface area (Å²) in [5.41, 5.74) is 0.835. The molecular weight excluding hydrogens is 314 g/mol. The number of halogens is 1. The first-order valence-corrected chi connectivity index (χ1v) is 7.17. The minimum atomic E-state index is 0.206. The summed E-state index contributed by atoms with van der Waals surface area (Å²) in [7, 11) is 1.55. The third-order valence-electron chi connectivity index (χ3n) is 2.59. The highest BCUT2D eigenvalue weighted by atomic mass is 79.9. The van der Waals surface area contributed by atoms with Gasteiger partial charge in [0, 0.05) is 28.0 Å². The van der Waals surface area contributed by atoms with Crippen LogP contribution in [0, 0.1) is 0 Å². The quantitative estimate of drug-likeness (QED) is 0.882. The van der Waals surface area contributed by atoms with Gasteiger partial charge in [-0.1, -0.05) is 12.1 Å². The largest absolute Gasteiger partial charge is 0.504 e. The second-order valence-electron chi connectivity index (χ2n) is 3.76. The lowest BCUT2D eigenvalue weighted by Gasteiger charge is -2.09. The van der Waals surface area contributed by atoms with Crippen molar-refractivity contribution in [1.29, 1.82) is 0 Å². The maximum Gasteiger partial charge on any atom is 0.162 e. The molecule has 0 unspecified atom stereocenters. The van der Waals surface area contributed by atoms with E-state index in [4.69, 9.17) is 4.74 Å². The summed E-state index contributed by atoms with van der Waals surface area (Å²) in [6.45, 7) is 1.38. The molecule has 5 heteroatoms. The lowest BCUT2D eigenvalue weighted by atomic mass is 10.2. The van der Waals surface area contributed by atoms with Crippen LogP contribution in [-0.2, 0) is 13.1 Å². The van der Waals surface area contributed by atoms with Gasteiger partial charge in [0.25, 0.3) is 0 Å². The number of rotatable bonds is 5. The van der Waals surface area contributed by atoms with Crippen LogP contribution in [0.5, 0.6) is 11.5 Å². The SMILES string of the molecule is COc1cccc(CNCc2sccc2Br)c1O. The van der Waals surface area contributed by atoms with E-state index in [2.05, 4.69) is 21.2 Å². The van der Waals surface area contributed by atoms with Crippen molar-refractivity contribution in [3.63, 3.8) is 0 Å². The Kier molecular flexibility index (Phi) is 4.63. The van der Waals surface area contributed by atoms with E-state index in [0.717, 1.165) is 16.6 Å². The molecule has 0 spiro atoms. The number of phenols is 1. The molecule has 18 heavy (non-hydrogen) atoms. The summed E-state index contributed by atoms with van der Waals surface area (Å²) in [4.78, 5) is 1.25. The first kappa shape index (κ1) is 13.4. The van der Waals surface area contributed by atoms with Gasteiger partial charge in [0.1, 0.15) is 0 Å². The molecular formula is C13H14BrNO2S. The second kappa shape index (κ2) is 6.22. The monoisotopic (exact) mass is 327 g/mol. The smallest absolute Gasteiger partial charge is 0.162 e. The third kappa shape index (κ3) is 3.04. The average molecular weight is 328 g/mol. The van der Waals surface area contributed by atoms with Crippen LogP contribution in [0.1, 0.15) is 10.4 Å². The summed E-state index contributed by atoms with van der Waals surface area (Å²) < 4.78 is 6.19. The average Bonchev–Trinajstić information content (AvgIpc) is 2.77. The predicted molar refractivity (Wildman–Crippen MR) is 77.2 cm³/mol. The van der Waals surface area contributed by atoms with Crippen molar-refractivity contribution >= 4 is 27.3 Å². The fourth-order valence-electron chi connectivity index (χ4n) is 1.64. The van der Waals surface area contributed by atoms with Gasteiger partial charge in [0.2, 0.25) is 0 Å². The maximum absolute atomic E-state index is 9.93. The van der Waals surface area contributed by atoms with E-state index in [-0.39, 0.29) is 5.75 Å². The molecule has 0 bridgehead atoms. The van der Waals surface area contributed by atoms with Crippen molar-refractivity contribution in [2.24, 2.45) is 0 Å². The Labute approximate surface area is 119 Å². The van der Waals surface area contributed by atoms with Gasteiger partial charge in [0.15, 0.2) is 11.5 Å². The van der Waals surface area contributed by atoms with Crippen molar-refractivity contribution in [2.75, 3.05) is 7.11 Å². The number of aromatic hydroxyl groups is 1. The molecule has 2 N–H and O–H groups in total. The molecule has 2 rings (SSSR count). The lowest BCUT2D eigenvalue weighted by Crippen LogP contribution is -2.12. The van der Waals surface area contributed by atoms with E-state index in [0.29, 0.717) is 12.3 Å². The van der Waals surface area contributed by atoms with Crippen LogP contribution in [0.2, 0.25) is 0 Å². The maximum atomic E-state index is 9.93. The van der Waals surface area contributed by atoms with Crippen LogP contribution in [-0.4, -0.2) is 12.2 Å². The number of hydrogen-bond donors (Lipinski definition) is 2. The van der Waals surface area contributed by atoms with Crippen molar-refractivity contribution in [1.82, 2.24) is 5.32 Å². The van der Waals surface area contributed by atoms with Crippen LogP contribution in [0.25, 0.3) is 0 Å². The van der Waals surface area contributed by atoms with Crippen LogP contribution >= 0.6 is 27.3 Å². The van der Waals surface area contributed by atoms with Crippen molar-refractivity contribution in [2.45, 2.75) is 13.1 Å². The van der Waals surface area contributed by atoms with Crippen LogP contribution in [0.4, 0.5) is 0 Å². The normalized spacial score (nSPS) is 10.6. The molecule has 0 aliphatic heterocycles. The van der Waals surface area contributed by atoms with Gasteiger partial charge in [-0.3, -0.25) is 0 Å². The van der Waals surface area contributed by atoms with Gasteiger partial charge in [-0.25, -0.2) is 0 Å². The number of benzene rings is 1. The van der Waals surface area contributed by atoms with E-state index in [1.807, 2.05) is 23.6 Å². The topological polar surface area (TPSA) is 41.5 Å². The Morgan fingerprint density at radius 3 is 2.83 bits per heavy atom. The number of ether oxygens (including phenoxy) is 1. The predicted octanol–water partition coefficient (Wildman–Crippen LogP) is 3.51. The highest BCUT2D eigenvalue weighted by Crippen LogP contribution is 2.29. The van der Waals surface area contributed by atoms with Crippen LogP contribution < -0.4 is 10.1 Å². The summed E-state index contributed by atoms with van der Waals surface area (Å²) in [5.74, 6) is 0.712. The fourth-order valence-corrected chi connectivity index (χ4v) is 3.10. The Hall–Kier alpha value is -1.04. The summed E-state index contributed by atoms with van der Waals surface area (Å²) in [5, 5.41) is 15.3. The van der Waals surface area contributed by atoms with Gasteiger partial charge in [-0.2, -0.15) is 0 Å². The zero-order valence-electron chi connectivity index (χ0n) is 9.94. The van der Waals surface area contributed by atoms with Gasteiger partial charge >= 0.3 is 0 Å². The Bertz CT molecular complexity index is 527. The molecule has 0 amide bonds. The molecule has 3 nitrogen and oxygen atoms in total. The minimum absolute atomic E-state index is 0.206. The molecule has 2 aromatic rings. The first-order valence-electron chi connectivity index (χ1n) is 5.50. The Morgan fingerprint density at radius 2 is 2.17 bits per heavy atom. The zero-order chi connectivity index (χ0) is 13.0. The molecule has 0 aliphatic rings. The second-order valence-corrected chi connectivity index (χ2v) is 5.62. The van der Waals surface area contributed by atoms with E-state index in [1.54, 1.807) is 24.5 Å². The molecule has 0 aliphatic carbocycles. The Morgan fingerprint density at radius 1 is 1.33 bits per heavy atom. The van der Waals surface area contributed by atoms with Crippen molar-refractivity contribution in [3.8, 4) is 11.5 Å². The minimum Gasteiger partial charge on any atom is -0.504 e. The number of para-hydroxylation sites is 1. The molecule has 0 atom stereocenters. The van der Waals surface area contributed by atoms with Gasteiger partial charge < -0.3 is 15.2 Å².